The van der Waals surface area contributed by atoms with Gasteiger partial charge < -0.3 is 25.4 Å². The van der Waals surface area contributed by atoms with E-state index >= 15 is 0 Å². The summed E-state index contributed by atoms with van der Waals surface area (Å²) in [6.07, 6.45) is 1.50. The molecular weight excluding hydrogens is 394 g/mol. The largest absolute Gasteiger partial charge is 0.493 e. The molecule has 0 fully saturated rings. The van der Waals surface area contributed by atoms with Crippen LogP contribution in [0.25, 0.3) is 0 Å². The fourth-order valence-corrected chi connectivity index (χ4v) is 3.68. The van der Waals surface area contributed by atoms with Crippen molar-refractivity contribution in [2.45, 2.75) is 26.1 Å². The molecule has 4 N–H and O–H groups in total. The van der Waals surface area contributed by atoms with Crippen molar-refractivity contribution in [3.05, 3.63) is 46.4 Å². The molecule has 1 aromatic carbocycles. The minimum atomic E-state index is -0.0683. The molecule has 1 aliphatic heterocycles. The Kier molecular flexibility index (Phi) is 5.06. The zero-order chi connectivity index (χ0) is 20.5. The standard InChI is InChI=1S/C19H22ClN7O2/c1-10(11-4-5-14(28-2)15(6-11)29-3)24-18-16(20)19(23-9-22-18)27-7-12-13(8-27)25-26-17(12)21/h4-6,9-10H,7-8H2,1-3H3,(H3,21,25,26)(H,22,23,24)/t10-/m1/s1. The second-order valence-electron chi connectivity index (χ2n) is 6.76. The number of nitrogens with zero attached hydrogens (tertiary/aromatic N) is 4. The highest BCUT2D eigenvalue weighted by Gasteiger charge is 2.27. The summed E-state index contributed by atoms with van der Waals surface area (Å²) in [5.41, 5.74) is 8.87. The van der Waals surface area contributed by atoms with Crippen LogP contribution in [-0.4, -0.2) is 34.4 Å². The fraction of sp³-hybridized carbons (Fsp3) is 0.316. The van der Waals surface area contributed by atoms with Crippen LogP contribution in [0.4, 0.5) is 17.5 Å². The summed E-state index contributed by atoms with van der Waals surface area (Å²) in [6.45, 7) is 3.23. The lowest BCUT2D eigenvalue weighted by Crippen LogP contribution is -2.19. The Balaban J connectivity index is 1.55. The van der Waals surface area contributed by atoms with Crippen LogP contribution in [0.3, 0.4) is 0 Å². The highest BCUT2D eigenvalue weighted by atomic mass is 35.5. The number of ether oxygens (including phenoxy) is 2. The summed E-state index contributed by atoms with van der Waals surface area (Å²) in [6, 6.07) is 5.70. The summed E-state index contributed by atoms with van der Waals surface area (Å²) < 4.78 is 10.7. The molecule has 0 amide bonds. The average molecular weight is 416 g/mol. The number of nitrogens with one attached hydrogen (secondary N) is 2. The first kappa shape index (κ1) is 19.1. The Hall–Kier alpha value is -3.20. The van der Waals surface area contributed by atoms with E-state index in [0.717, 1.165) is 16.8 Å². The van der Waals surface area contributed by atoms with E-state index in [4.69, 9.17) is 26.8 Å². The second kappa shape index (κ2) is 7.67. The topological polar surface area (TPSA) is 114 Å². The van der Waals surface area contributed by atoms with E-state index < -0.39 is 0 Å². The van der Waals surface area contributed by atoms with Gasteiger partial charge in [-0.2, -0.15) is 5.10 Å². The minimum absolute atomic E-state index is 0.0683. The number of nitrogens with two attached hydrogens (primary N) is 1. The van der Waals surface area contributed by atoms with E-state index in [0.29, 0.717) is 47.1 Å². The predicted molar refractivity (Wildman–Crippen MR) is 112 cm³/mol. The van der Waals surface area contributed by atoms with Crippen molar-refractivity contribution in [1.82, 2.24) is 20.2 Å². The summed E-state index contributed by atoms with van der Waals surface area (Å²) in [7, 11) is 3.22. The summed E-state index contributed by atoms with van der Waals surface area (Å²) in [4.78, 5) is 10.7. The van der Waals surface area contributed by atoms with Crippen molar-refractivity contribution in [2.75, 3.05) is 30.2 Å². The Morgan fingerprint density at radius 3 is 2.72 bits per heavy atom. The SMILES string of the molecule is COc1ccc([C@@H](C)Nc2ncnc(N3Cc4[nH]nc(N)c4C3)c2Cl)cc1OC. The first-order valence-electron chi connectivity index (χ1n) is 9.07. The lowest BCUT2D eigenvalue weighted by Gasteiger charge is -2.21. The van der Waals surface area contributed by atoms with Gasteiger partial charge in [0.1, 0.15) is 11.3 Å². The maximum atomic E-state index is 6.65. The van der Waals surface area contributed by atoms with Crippen LogP contribution in [0.15, 0.2) is 24.5 Å². The number of hydrogen-bond donors (Lipinski definition) is 3. The van der Waals surface area contributed by atoms with Gasteiger partial charge in [-0.15, -0.1) is 0 Å². The molecule has 2 aromatic heterocycles. The minimum Gasteiger partial charge on any atom is -0.493 e. The number of hydrogen-bond acceptors (Lipinski definition) is 8. The zero-order valence-electron chi connectivity index (χ0n) is 16.4. The van der Waals surface area contributed by atoms with E-state index in [1.165, 1.54) is 6.33 Å². The zero-order valence-corrected chi connectivity index (χ0v) is 17.1. The van der Waals surface area contributed by atoms with Gasteiger partial charge in [-0.1, -0.05) is 17.7 Å². The number of rotatable bonds is 6. The van der Waals surface area contributed by atoms with Gasteiger partial charge in [0, 0.05) is 5.56 Å². The molecule has 0 unspecified atom stereocenters. The Morgan fingerprint density at radius 1 is 1.21 bits per heavy atom. The molecule has 4 rings (SSSR count). The number of anilines is 3. The van der Waals surface area contributed by atoms with Gasteiger partial charge in [-0.05, 0) is 24.6 Å². The maximum Gasteiger partial charge on any atom is 0.161 e. The van der Waals surface area contributed by atoms with Gasteiger partial charge in [-0.25, -0.2) is 9.97 Å². The third-order valence-corrected chi connectivity index (χ3v) is 5.36. The van der Waals surface area contributed by atoms with Gasteiger partial charge >= 0.3 is 0 Å². The first-order chi connectivity index (χ1) is 14.0. The molecule has 29 heavy (non-hydrogen) atoms. The van der Waals surface area contributed by atoms with Crippen LogP contribution in [0.2, 0.25) is 5.02 Å². The molecule has 0 bridgehead atoms. The summed E-state index contributed by atoms with van der Waals surface area (Å²) >= 11 is 6.65. The summed E-state index contributed by atoms with van der Waals surface area (Å²) in [5, 5.41) is 10.8. The number of nitrogen functional groups attached to an aromatic ring is 1. The van der Waals surface area contributed by atoms with Crippen LogP contribution in [0.1, 0.15) is 29.8 Å². The predicted octanol–water partition coefficient (Wildman–Crippen LogP) is 3.15. The molecule has 9 nitrogen and oxygen atoms in total. The van der Waals surface area contributed by atoms with E-state index in [-0.39, 0.29) is 6.04 Å². The van der Waals surface area contributed by atoms with Crippen LogP contribution in [0.5, 0.6) is 11.5 Å². The van der Waals surface area contributed by atoms with E-state index in [9.17, 15) is 0 Å². The Labute approximate surface area is 173 Å². The van der Waals surface area contributed by atoms with Crippen LogP contribution in [-0.2, 0) is 13.1 Å². The third kappa shape index (κ3) is 3.49. The molecule has 3 aromatic rings. The number of benzene rings is 1. The van der Waals surface area contributed by atoms with Gasteiger partial charge in [0.05, 0.1) is 39.0 Å². The van der Waals surface area contributed by atoms with E-state index in [1.54, 1.807) is 14.2 Å². The summed E-state index contributed by atoms with van der Waals surface area (Å²) in [5.74, 6) is 3.05. The lowest BCUT2D eigenvalue weighted by atomic mass is 10.1. The smallest absolute Gasteiger partial charge is 0.161 e. The van der Waals surface area contributed by atoms with Crippen molar-refractivity contribution >= 4 is 29.1 Å². The van der Waals surface area contributed by atoms with Crippen molar-refractivity contribution in [2.24, 2.45) is 0 Å². The number of halogens is 1. The monoisotopic (exact) mass is 415 g/mol. The lowest BCUT2D eigenvalue weighted by molar-refractivity contribution is 0.354. The average Bonchev–Trinajstić information content (AvgIpc) is 3.31. The molecule has 0 radical (unpaired) electrons. The molecule has 1 aliphatic rings. The van der Waals surface area contributed by atoms with Crippen molar-refractivity contribution in [3.63, 3.8) is 0 Å². The van der Waals surface area contributed by atoms with Crippen LogP contribution < -0.4 is 25.4 Å². The van der Waals surface area contributed by atoms with E-state index in [1.807, 2.05) is 30.0 Å². The Morgan fingerprint density at radius 2 is 2.00 bits per heavy atom. The molecule has 0 saturated carbocycles. The molecule has 152 valence electrons. The first-order valence-corrected chi connectivity index (χ1v) is 9.45. The maximum absolute atomic E-state index is 6.65. The van der Waals surface area contributed by atoms with Gasteiger partial charge in [0.15, 0.2) is 29.0 Å². The highest BCUT2D eigenvalue weighted by Crippen LogP contribution is 2.37. The fourth-order valence-electron chi connectivity index (χ4n) is 3.40. The molecule has 0 saturated heterocycles. The molecule has 0 aliphatic carbocycles. The number of methoxy groups -OCH3 is 2. The molecular formula is C19H22ClN7O2. The molecule has 1 atom stereocenters. The quantitative estimate of drug-likeness (QED) is 0.562. The second-order valence-corrected chi connectivity index (χ2v) is 7.14. The highest BCUT2D eigenvalue weighted by molar-refractivity contribution is 6.35. The Bertz CT molecular complexity index is 1040. The normalized spacial score (nSPS) is 13.9. The van der Waals surface area contributed by atoms with Gasteiger partial charge in [0.25, 0.3) is 0 Å². The molecule has 10 heteroatoms. The van der Waals surface area contributed by atoms with Crippen molar-refractivity contribution in [1.29, 1.82) is 0 Å². The van der Waals surface area contributed by atoms with Crippen LogP contribution in [0, 0.1) is 0 Å². The number of fused-ring (bicyclic) bond motifs is 1. The van der Waals surface area contributed by atoms with Crippen molar-refractivity contribution in [3.8, 4) is 11.5 Å². The molecule has 0 spiro atoms. The number of aromatic amines is 1. The van der Waals surface area contributed by atoms with Crippen LogP contribution >= 0.6 is 11.6 Å². The van der Waals surface area contributed by atoms with E-state index in [2.05, 4.69) is 25.5 Å². The van der Waals surface area contributed by atoms with Gasteiger partial charge in [-0.3, -0.25) is 5.10 Å². The van der Waals surface area contributed by atoms with Crippen molar-refractivity contribution < 1.29 is 9.47 Å². The number of aromatic nitrogens is 4. The third-order valence-electron chi connectivity index (χ3n) is 5.01. The molecule has 3 heterocycles. The number of H-pyrrole nitrogens is 1. The van der Waals surface area contributed by atoms with Gasteiger partial charge in [0.2, 0.25) is 0 Å².